The topological polar surface area (TPSA) is 80.8 Å². The number of nitrogens with zero attached hydrogens (tertiary/aromatic N) is 2. The van der Waals surface area contributed by atoms with Gasteiger partial charge in [0.05, 0.1) is 30.1 Å². The Balaban J connectivity index is 0.000000968. The Morgan fingerprint density at radius 1 is 1.33 bits per heavy atom. The fraction of sp³-hybridized carbons (Fsp3) is 0.654. The summed E-state index contributed by atoms with van der Waals surface area (Å²) in [4.78, 5) is 31.1. The van der Waals surface area contributed by atoms with Crippen LogP contribution < -0.4 is 5.32 Å². The predicted octanol–water partition coefficient (Wildman–Crippen LogP) is 4.85. The van der Waals surface area contributed by atoms with E-state index in [2.05, 4.69) is 36.3 Å². The molecule has 3 heterocycles. The number of fused-ring (bicyclic) bond motifs is 2. The number of aromatic nitrogens is 1. The third-order valence-corrected chi connectivity index (χ3v) is 6.99. The van der Waals surface area contributed by atoms with Gasteiger partial charge in [0.15, 0.2) is 0 Å². The second-order valence-electron chi connectivity index (χ2n) is 9.28. The molecule has 1 N–H and O–H groups in total. The van der Waals surface area contributed by atoms with Gasteiger partial charge in [-0.05, 0) is 62.7 Å². The number of carbonyl (C=O) groups excluding carboxylic acids is 2. The number of pyridine rings is 1. The minimum absolute atomic E-state index is 0.0826. The summed E-state index contributed by atoms with van der Waals surface area (Å²) in [5.41, 5.74) is 1.87. The van der Waals surface area contributed by atoms with Crippen molar-refractivity contribution < 1.29 is 19.1 Å². The van der Waals surface area contributed by atoms with Crippen molar-refractivity contribution in [2.75, 3.05) is 32.1 Å². The Labute approximate surface area is 197 Å². The molecule has 3 aliphatic rings. The number of hydrogen-bond acceptors (Lipinski definition) is 6. The van der Waals surface area contributed by atoms with Crippen molar-refractivity contribution >= 4 is 23.8 Å². The number of ether oxygens (including phenoxy) is 2. The van der Waals surface area contributed by atoms with Crippen LogP contribution in [0.1, 0.15) is 52.7 Å². The number of carbonyl (C=O) groups is 2. The summed E-state index contributed by atoms with van der Waals surface area (Å²) in [7, 11) is 1.87. The Morgan fingerprint density at radius 2 is 2.09 bits per heavy atom. The van der Waals surface area contributed by atoms with E-state index in [1.165, 1.54) is 6.42 Å². The van der Waals surface area contributed by atoms with Crippen molar-refractivity contribution in [2.24, 2.45) is 29.6 Å². The summed E-state index contributed by atoms with van der Waals surface area (Å²) in [5, 5.41) is 3.08. The molecule has 4 rings (SSSR count). The second-order valence-corrected chi connectivity index (χ2v) is 9.28. The van der Waals surface area contributed by atoms with Gasteiger partial charge in [0.1, 0.15) is 6.10 Å². The summed E-state index contributed by atoms with van der Waals surface area (Å²) >= 11 is 0. The van der Waals surface area contributed by atoms with E-state index in [0.717, 1.165) is 24.2 Å². The van der Waals surface area contributed by atoms with Crippen molar-refractivity contribution in [3.8, 4) is 0 Å². The van der Waals surface area contributed by atoms with Gasteiger partial charge in [0.2, 0.25) is 0 Å². The molecule has 33 heavy (non-hydrogen) atoms. The van der Waals surface area contributed by atoms with E-state index < -0.39 is 0 Å². The van der Waals surface area contributed by atoms with Crippen LogP contribution in [0.2, 0.25) is 0 Å². The van der Waals surface area contributed by atoms with Gasteiger partial charge in [0.25, 0.3) is 0 Å². The molecule has 7 heteroatoms. The van der Waals surface area contributed by atoms with Gasteiger partial charge in [-0.2, -0.15) is 0 Å². The van der Waals surface area contributed by atoms with Crippen molar-refractivity contribution in [3.63, 3.8) is 0 Å². The summed E-state index contributed by atoms with van der Waals surface area (Å²) in [6.07, 6.45) is 8.73. The summed E-state index contributed by atoms with van der Waals surface area (Å²) in [6.45, 7) is 9.80. The zero-order valence-corrected chi connectivity index (χ0v) is 20.6. The van der Waals surface area contributed by atoms with Crippen LogP contribution in [0.25, 0.3) is 6.08 Å². The minimum Gasteiger partial charge on any atom is -0.462 e. The molecule has 1 amide bonds. The molecule has 3 fully saturated rings. The molecule has 2 aliphatic heterocycles. The first-order chi connectivity index (χ1) is 15.9. The molecule has 1 aliphatic carbocycles. The van der Waals surface area contributed by atoms with E-state index in [9.17, 15) is 9.59 Å². The molecular weight excluding hydrogens is 418 g/mol. The SMILES string of the molecule is CCC.CCOC(=O)N1CCC2C(CC3C(=O)OC(C)C3C2/C=C/c2ccc(NC)cn2)C1. The monoisotopic (exact) mass is 457 g/mol. The van der Waals surface area contributed by atoms with E-state index in [4.69, 9.17) is 9.47 Å². The molecule has 0 radical (unpaired) electrons. The molecule has 1 aromatic heterocycles. The highest BCUT2D eigenvalue weighted by Gasteiger charge is 2.54. The van der Waals surface area contributed by atoms with Crippen molar-refractivity contribution in [1.82, 2.24) is 9.88 Å². The molecule has 0 aromatic carbocycles. The number of allylic oxidation sites excluding steroid dienone is 1. The van der Waals surface area contributed by atoms with Gasteiger partial charge in [-0.3, -0.25) is 9.78 Å². The van der Waals surface area contributed by atoms with E-state index >= 15 is 0 Å². The third-order valence-electron chi connectivity index (χ3n) is 6.99. The highest BCUT2D eigenvalue weighted by atomic mass is 16.6. The molecule has 6 unspecified atom stereocenters. The van der Waals surface area contributed by atoms with Crippen LogP contribution in [0.15, 0.2) is 24.4 Å². The summed E-state index contributed by atoms with van der Waals surface area (Å²) in [5.74, 6) is 0.913. The smallest absolute Gasteiger partial charge is 0.409 e. The second kappa shape index (κ2) is 11.5. The molecule has 1 aromatic rings. The Morgan fingerprint density at radius 3 is 2.73 bits per heavy atom. The lowest BCUT2D eigenvalue weighted by Crippen LogP contribution is -2.51. The summed E-state index contributed by atoms with van der Waals surface area (Å²) < 4.78 is 10.8. The first-order valence-corrected chi connectivity index (χ1v) is 12.4. The van der Waals surface area contributed by atoms with Gasteiger partial charge >= 0.3 is 12.1 Å². The maximum Gasteiger partial charge on any atom is 0.409 e. The lowest BCUT2D eigenvalue weighted by atomic mass is 9.59. The van der Waals surface area contributed by atoms with Gasteiger partial charge < -0.3 is 19.7 Å². The van der Waals surface area contributed by atoms with Crippen LogP contribution in [0.5, 0.6) is 0 Å². The lowest BCUT2D eigenvalue weighted by molar-refractivity contribution is -0.144. The average Bonchev–Trinajstić information content (AvgIpc) is 3.10. The van der Waals surface area contributed by atoms with E-state index in [1.807, 2.05) is 39.2 Å². The molecular formula is C26H39N3O4. The van der Waals surface area contributed by atoms with Crippen LogP contribution in [0, 0.1) is 29.6 Å². The van der Waals surface area contributed by atoms with Crippen LogP contribution in [-0.4, -0.2) is 54.8 Å². The van der Waals surface area contributed by atoms with Crippen molar-refractivity contribution in [1.29, 1.82) is 0 Å². The number of anilines is 1. The Hall–Kier alpha value is -2.57. The number of piperidine rings is 1. The van der Waals surface area contributed by atoms with Crippen LogP contribution >= 0.6 is 0 Å². The predicted molar refractivity (Wildman–Crippen MR) is 130 cm³/mol. The number of rotatable bonds is 4. The van der Waals surface area contributed by atoms with Crippen molar-refractivity contribution in [3.05, 3.63) is 30.1 Å². The fourth-order valence-corrected chi connectivity index (χ4v) is 5.60. The molecule has 6 atom stereocenters. The average molecular weight is 458 g/mol. The molecule has 0 spiro atoms. The fourth-order valence-electron chi connectivity index (χ4n) is 5.60. The number of cyclic esters (lactones) is 1. The number of likely N-dealkylation sites (tertiary alicyclic amines) is 1. The zero-order chi connectivity index (χ0) is 24.0. The van der Waals surface area contributed by atoms with Crippen LogP contribution in [0.4, 0.5) is 10.5 Å². The maximum absolute atomic E-state index is 12.5. The quantitative estimate of drug-likeness (QED) is 0.652. The zero-order valence-electron chi connectivity index (χ0n) is 20.6. The van der Waals surface area contributed by atoms with Crippen LogP contribution in [0.3, 0.4) is 0 Å². The highest BCUT2D eigenvalue weighted by Crippen LogP contribution is 2.51. The highest BCUT2D eigenvalue weighted by molar-refractivity contribution is 5.76. The normalized spacial score (nSPS) is 30.6. The van der Waals surface area contributed by atoms with Crippen LogP contribution in [-0.2, 0) is 14.3 Å². The third kappa shape index (κ3) is 5.68. The van der Waals surface area contributed by atoms with Crippen molar-refractivity contribution in [2.45, 2.75) is 53.1 Å². The number of esters is 1. The summed E-state index contributed by atoms with van der Waals surface area (Å²) in [6, 6.07) is 3.99. The van der Waals surface area contributed by atoms with E-state index in [1.54, 1.807) is 4.90 Å². The molecule has 7 nitrogen and oxygen atoms in total. The Kier molecular flexibility index (Phi) is 8.75. The van der Waals surface area contributed by atoms with Gasteiger partial charge in [-0.25, -0.2) is 4.79 Å². The number of amides is 1. The maximum atomic E-state index is 12.5. The van der Waals surface area contributed by atoms with Gasteiger partial charge in [-0.15, -0.1) is 0 Å². The largest absolute Gasteiger partial charge is 0.462 e. The molecule has 2 saturated heterocycles. The first-order valence-electron chi connectivity index (χ1n) is 12.4. The molecule has 1 saturated carbocycles. The van der Waals surface area contributed by atoms with Gasteiger partial charge in [-0.1, -0.05) is 26.3 Å². The molecule has 182 valence electrons. The van der Waals surface area contributed by atoms with E-state index in [-0.39, 0.29) is 41.8 Å². The number of hydrogen-bond donors (Lipinski definition) is 1. The first kappa shape index (κ1) is 25.1. The standard InChI is InChI=1S/C23H31N3O4.C3H8/c1-4-29-23(28)26-10-9-18-15(13-26)11-20-21(14(2)30-22(20)27)19(18)8-7-16-5-6-17(24-3)12-25-16;1-3-2/h5-8,12,14-15,18-21,24H,4,9-11,13H2,1-3H3;3H2,1-2H3/b8-7+;. The lowest BCUT2D eigenvalue weighted by Gasteiger charge is -2.48. The minimum atomic E-state index is -0.249. The number of nitrogens with one attached hydrogen (secondary N) is 1. The molecule has 0 bridgehead atoms. The van der Waals surface area contributed by atoms with E-state index in [0.29, 0.717) is 25.6 Å². The van der Waals surface area contributed by atoms with Gasteiger partial charge in [0, 0.05) is 26.1 Å². The Bertz CT molecular complexity index is 825.